The average molecular weight is 336 g/mol. The minimum atomic E-state index is 0.652. The van der Waals surface area contributed by atoms with Gasteiger partial charge in [0, 0.05) is 0 Å². The normalized spacial score (nSPS) is 23.6. The van der Waals surface area contributed by atoms with Crippen molar-refractivity contribution in [2.24, 2.45) is 5.92 Å². The van der Waals surface area contributed by atoms with Crippen LogP contribution in [0.1, 0.15) is 54.4 Å². The molecule has 26 heavy (non-hydrogen) atoms. The van der Waals surface area contributed by atoms with Crippen molar-refractivity contribution in [2.75, 3.05) is 0 Å². The maximum atomic E-state index is 2.47. The van der Waals surface area contributed by atoms with E-state index in [0.717, 1.165) is 0 Å². The number of hydrogen-bond acceptors (Lipinski definition) is 0. The third-order valence-electron chi connectivity index (χ3n) is 7.31. The summed E-state index contributed by atoms with van der Waals surface area (Å²) in [4.78, 5) is 0. The van der Waals surface area contributed by atoms with Gasteiger partial charge in [0.2, 0.25) is 0 Å². The Hall–Kier alpha value is -2.34. The van der Waals surface area contributed by atoms with Crippen LogP contribution in [0.2, 0.25) is 0 Å². The summed E-state index contributed by atoms with van der Waals surface area (Å²) in [6.07, 6.45) is 9.72. The van der Waals surface area contributed by atoms with Crippen LogP contribution in [0.25, 0.3) is 27.1 Å². The van der Waals surface area contributed by atoms with E-state index in [0.29, 0.717) is 11.8 Å². The Bertz CT molecular complexity index is 1160. The number of fused-ring (bicyclic) bond motifs is 3. The Balaban J connectivity index is 1.82. The highest BCUT2D eigenvalue weighted by atomic mass is 14.4. The molecule has 0 saturated heterocycles. The third kappa shape index (κ3) is 1.70. The summed E-state index contributed by atoms with van der Waals surface area (Å²) in [5, 5.41) is 6.02. The van der Waals surface area contributed by atoms with Crippen LogP contribution < -0.4 is 0 Å². The van der Waals surface area contributed by atoms with Crippen molar-refractivity contribution in [3.05, 3.63) is 76.4 Å². The van der Waals surface area contributed by atoms with Crippen LogP contribution in [-0.2, 0) is 6.42 Å². The van der Waals surface area contributed by atoms with Crippen molar-refractivity contribution in [2.45, 2.75) is 45.4 Å². The summed E-state index contributed by atoms with van der Waals surface area (Å²) in [5.74, 6) is 1.34. The summed E-state index contributed by atoms with van der Waals surface area (Å²) in [6.45, 7) is 4.79. The van der Waals surface area contributed by atoms with Crippen molar-refractivity contribution in [3.8, 4) is 0 Å². The van der Waals surface area contributed by atoms with Gasteiger partial charge >= 0.3 is 0 Å². The molecule has 0 bridgehead atoms. The van der Waals surface area contributed by atoms with Crippen molar-refractivity contribution in [1.29, 1.82) is 0 Å². The molecule has 0 radical (unpaired) electrons. The van der Waals surface area contributed by atoms with Gasteiger partial charge in [-0.25, -0.2) is 0 Å². The second-order valence-electron chi connectivity index (χ2n) is 8.41. The zero-order chi connectivity index (χ0) is 17.4. The number of allylic oxidation sites excluding steroid dienone is 4. The maximum Gasteiger partial charge on any atom is -0.00802 e. The molecule has 0 fully saturated rings. The third-order valence-corrected chi connectivity index (χ3v) is 7.31. The van der Waals surface area contributed by atoms with E-state index in [4.69, 9.17) is 0 Å². The predicted octanol–water partition coefficient (Wildman–Crippen LogP) is 7.08. The van der Waals surface area contributed by atoms with E-state index in [2.05, 4.69) is 62.4 Å². The zero-order valence-corrected chi connectivity index (χ0v) is 15.6. The molecule has 0 N–H and O–H groups in total. The number of aryl methyl sites for hydroxylation is 2. The monoisotopic (exact) mass is 336 g/mol. The molecule has 2 atom stereocenters. The smallest absolute Gasteiger partial charge is 0.00802 e. The Morgan fingerprint density at radius 3 is 2.65 bits per heavy atom. The second kappa shape index (κ2) is 5.10. The molecule has 0 nitrogen and oxygen atoms in total. The molecule has 3 aromatic carbocycles. The summed E-state index contributed by atoms with van der Waals surface area (Å²) in [6, 6.07) is 13.9. The molecule has 3 aliphatic rings. The highest BCUT2D eigenvalue weighted by molar-refractivity contribution is 6.09. The molecule has 3 aromatic rings. The maximum absolute atomic E-state index is 2.47. The molecule has 0 spiro atoms. The minimum absolute atomic E-state index is 0.652. The van der Waals surface area contributed by atoms with Crippen LogP contribution in [0.3, 0.4) is 0 Å². The molecule has 0 aliphatic heterocycles. The van der Waals surface area contributed by atoms with E-state index < -0.39 is 0 Å². The summed E-state index contributed by atoms with van der Waals surface area (Å²) in [7, 11) is 0. The van der Waals surface area contributed by atoms with Crippen LogP contribution in [-0.4, -0.2) is 0 Å². The average Bonchev–Trinajstić information content (AvgIpc) is 2.70. The Morgan fingerprint density at radius 1 is 0.923 bits per heavy atom. The van der Waals surface area contributed by atoms with Gasteiger partial charge in [0.05, 0.1) is 0 Å². The van der Waals surface area contributed by atoms with Crippen LogP contribution in [0, 0.1) is 12.8 Å². The van der Waals surface area contributed by atoms with E-state index in [1.165, 1.54) is 47.4 Å². The van der Waals surface area contributed by atoms with Crippen molar-refractivity contribution >= 4 is 27.1 Å². The fraction of sp³-hybridized carbons (Fsp3) is 0.308. The Labute approximate surface area is 155 Å². The van der Waals surface area contributed by atoms with Gasteiger partial charge in [0.25, 0.3) is 0 Å². The Morgan fingerprint density at radius 2 is 1.77 bits per heavy atom. The lowest BCUT2D eigenvalue weighted by Crippen LogP contribution is -2.24. The molecule has 3 aliphatic carbocycles. The topological polar surface area (TPSA) is 0 Å². The van der Waals surface area contributed by atoms with E-state index in [9.17, 15) is 0 Å². The fourth-order valence-corrected chi connectivity index (χ4v) is 6.08. The predicted molar refractivity (Wildman–Crippen MR) is 112 cm³/mol. The SMILES string of the molecule is Cc1c2ccccc2c2c3c4c(ccc13)C1=C(C=CCC1)C(C)C4CC2. The molecule has 0 aromatic heterocycles. The molecule has 6 rings (SSSR count). The minimum Gasteiger partial charge on any atom is -0.0839 e. The van der Waals surface area contributed by atoms with Crippen molar-refractivity contribution in [1.82, 2.24) is 0 Å². The summed E-state index contributed by atoms with van der Waals surface area (Å²) in [5.41, 5.74) is 9.56. The fourth-order valence-electron chi connectivity index (χ4n) is 6.08. The van der Waals surface area contributed by atoms with Crippen LogP contribution in [0.5, 0.6) is 0 Å². The number of rotatable bonds is 0. The molecular weight excluding hydrogens is 312 g/mol. The van der Waals surface area contributed by atoms with Gasteiger partial charge in [-0.2, -0.15) is 0 Å². The quantitative estimate of drug-likeness (QED) is 0.385. The first kappa shape index (κ1) is 14.8. The molecule has 2 unspecified atom stereocenters. The summed E-state index contributed by atoms with van der Waals surface area (Å²) < 4.78 is 0. The molecule has 0 amide bonds. The standard InChI is InChI=1S/C26H24/c1-15-17-7-3-5-9-21(17)23-14-12-20-16(2)18-8-4-6-10-22(18)24-13-11-19(15)25(23)26(20)24/h3-5,7-9,11,13,16,20H,6,10,12,14H2,1-2H3. The highest BCUT2D eigenvalue weighted by Gasteiger charge is 2.36. The molecule has 0 heterocycles. The van der Waals surface area contributed by atoms with Gasteiger partial charge in [0.15, 0.2) is 0 Å². The highest BCUT2D eigenvalue weighted by Crippen LogP contribution is 2.54. The van der Waals surface area contributed by atoms with Gasteiger partial charge in [-0.05, 0) is 99.4 Å². The van der Waals surface area contributed by atoms with Gasteiger partial charge < -0.3 is 0 Å². The second-order valence-corrected chi connectivity index (χ2v) is 8.41. The number of hydrogen-bond donors (Lipinski definition) is 0. The van der Waals surface area contributed by atoms with Crippen molar-refractivity contribution < 1.29 is 0 Å². The van der Waals surface area contributed by atoms with Crippen LogP contribution in [0.4, 0.5) is 0 Å². The van der Waals surface area contributed by atoms with E-state index in [-0.39, 0.29) is 0 Å². The van der Waals surface area contributed by atoms with Gasteiger partial charge in [-0.1, -0.05) is 55.5 Å². The lowest BCUT2D eigenvalue weighted by atomic mass is 9.64. The van der Waals surface area contributed by atoms with Crippen LogP contribution >= 0.6 is 0 Å². The van der Waals surface area contributed by atoms with E-state index in [1.807, 2.05) is 0 Å². The lowest BCUT2D eigenvalue weighted by Gasteiger charge is -2.40. The van der Waals surface area contributed by atoms with E-state index in [1.54, 1.807) is 33.2 Å². The van der Waals surface area contributed by atoms with Gasteiger partial charge in [-0.15, -0.1) is 0 Å². The van der Waals surface area contributed by atoms with Gasteiger partial charge in [-0.3, -0.25) is 0 Å². The molecule has 0 heteroatoms. The molecule has 0 saturated carbocycles. The van der Waals surface area contributed by atoms with Crippen LogP contribution in [0.15, 0.2) is 54.1 Å². The largest absolute Gasteiger partial charge is 0.0839 e. The van der Waals surface area contributed by atoms with Crippen molar-refractivity contribution in [3.63, 3.8) is 0 Å². The zero-order valence-electron chi connectivity index (χ0n) is 15.6. The molecular formula is C26H24. The summed E-state index contributed by atoms with van der Waals surface area (Å²) >= 11 is 0. The lowest BCUT2D eigenvalue weighted by molar-refractivity contribution is 0.483. The number of benzene rings is 3. The molecule has 128 valence electrons. The Kier molecular flexibility index (Phi) is 2.90. The first-order chi connectivity index (χ1) is 12.8. The first-order valence-corrected chi connectivity index (χ1v) is 10.1. The van der Waals surface area contributed by atoms with E-state index >= 15 is 0 Å². The first-order valence-electron chi connectivity index (χ1n) is 10.1. The van der Waals surface area contributed by atoms with Gasteiger partial charge in [0.1, 0.15) is 0 Å².